The van der Waals surface area contributed by atoms with E-state index < -0.39 is 5.91 Å². The zero-order chi connectivity index (χ0) is 23.5. The number of hydrogen-bond donors (Lipinski definition) is 1. The second kappa shape index (κ2) is 9.65. The first-order valence-electron chi connectivity index (χ1n) is 11.9. The van der Waals surface area contributed by atoms with Gasteiger partial charge in [0.25, 0.3) is 0 Å². The number of pyridine rings is 1. The number of para-hydroxylation sites is 1. The summed E-state index contributed by atoms with van der Waals surface area (Å²) in [7, 11) is 0. The topological polar surface area (TPSA) is 62.5 Å². The maximum atomic E-state index is 12.0. The number of hydrogen-bond acceptors (Lipinski definition) is 4. The molecule has 0 bridgehead atoms. The molecule has 1 aliphatic heterocycles. The van der Waals surface area contributed by atoms with Crippen LogP contribution in [0.3, 0.4) is 0 Å². The summed E-state index contributed by atoms with van der Waals surface area (Å²) in [6, 6.07) is 29.1. The van der Waals surface area contributed by atoms with Gasteiger partial charge in [0.2, 0.25) is 5.91 Å². The molecule has 5 rings (SSSR count). The average molecular weight is 451 g/mol. The lowest BCUT2D eigenvalue weighted by Crippen LogP contribution is -2.43. The van der Waals surface area contributed by atoms with Gasteiger partial charge in [-0.05, 0) is 55.7 Å². The summed E-state index contributed by atoms with van der Waals surface area (Å²) < 4.78 is 0. The van der Waals surface area contributed by atoms with Crippen LogP contribution in [-0.4, -0.2) is 34.9 Å². The zero-order valence-corrected chi connectivity index (χ0v) is 19.5. The summed E-state index contributed by atoms with van der Waals surface area (Å²) in [4.78, 5) is 21.6. The molecule has 0 spiro atoms. The van der Waals surface area contributed by atoms with Crippen LogP contribution in [0.5, 0.6) is 0 Å². The number of anilines is 2. The second-order valence-corrected chi connectivity index (χ2v) is 9.08. The van der Waals surface area contributed by atoms with Crippen molar-refractivity contribution >= 4 is 28.2 Å². The van der Waals surface area contributed by atoms with Crippen molar-refractivity contribution in [3.63, 3.8) is 0 Å². The number of amides is 1. The largest absolute Gasteiger partial charge is 0.366 e. The van der Waals surface area contributed by atoms with E-state index >= 15 is 0 Å². The van der Waals surface area contributed by atoms with E-state index in [9.17, 15) is 4.79 Å². The number of aryl methyl sites for hydroxylation is 1. The summed E-state index contributed by atoms with van der Waals surface area (Å²) in [5.74, 6) is -0.407. The zero-order valence-electron chi connectivity index (χ0n) is 19.5. The first-order valence-corrected chi connectivity index (χ1v) is 11.9. The Morgan fingerprint density at radius 2 is 1.71 bits per heavy atom. The number of primary amides is 1. The summed E-state index contributed by atoms with van der Waals surface area (Å²) in [6.45, 7) is 5.06. The number of aromatic nitrogens is 1. The van der Waals surface area contributed by atoms with Crippen LogP contribution in [0.1, 0.15) is 34.5 Å². The maximum Gasteiger partial charge on any atom is 0.248 e. The Balaban J connectivity index is 1.50. The Morgan fingerprint density at radius 3 is 2.47 bits per heavy atom. The SMILES string of the molecule is Cc1cc(N(c2cccc(C(N)=O)c2)C2CCN(Cc3ccccc3)CC2)c2ccccc2n1. The number of fused-ring (bicyclic) bond motifs is 1. The molecule has 1 saturated heterocycles. The first-order chi connectivity index (χ1) is 16.6. The van der Waals surface area contributed by atoms with Gasteiger partial charge in [-0.15, -0.1) is 0 Å². The van der Waals surface area contributed by atoms with Crippen LogP contribution in [0.2, 0.25) is 0 Å². The molecule has 5 heteroatoms. The predicted octanol–water partition coefficient (Wildman–Crippen LogP) is 5.44. The molecule has 0 unspecified atom stereocenters. The van der Waals surface area contributed by atoms with E-state index in [1.165, 1.54) is 5.56 Å². The molecule has 3 aromatic carbocycles. The molecule has 1 amide bonds. The van der Waals surface area contributed by atoms with Gasteiger partial charge in [0.1, 0.15) is 0 Å². The molecular weight excluding hydrogens is 420 g/mol. The fourth-order valence-corrected chi connectivity index (χ4v) is 5.02. The fourth-order valence-electron chi connectivity index (χ4n) is 5.02. The van der Waals surface area contributed by atoms with Gasteiger partial charge in [0, 0.05) is 48.0 Å². The van der Waals surface area contributed by atoms with Crippen LogP contribution >= 0.6 is 0 Å². The van der Waals surface area contributed by atoms with E-state index in [1.54, 1.807) is 6.07 Å². The Morgan fingerprint density at radius 1 is 0.971 bits per heavy atom. The molecule has 34 heavy (non-hydrogen) atoms. The first kappa shape index (κ1) is 22.1. The standard InChI is InChI=1S/C29H30N4O/c1-21-18-28(26-12-5-6-13-27(26)31-21)33(25-11-7-10-23(19-25)29(30)34)24-14-16-32(17-15-24)20-22-8-3-2-4-9-22/h2-13,18-19,24H,14-17,20H2,1H3,(H2,30,34). The van der Waals surface area contributed by atoms with Crippen molar-refractivity contribution in [3.8, 4) is 0 Å². The molecule has 2 heterocycles. The lowest BCUT2D eigenvalue weighted by Gasteiger charge is -2.40. The lowest BCUT2D eigenvalue weighted by molar-refractivity contribution is 0.100. The number of carbonyl (C=O) groups is 1. The van der Waals surface area contributed by atoms with Crippen LogP contribution in [0.4, 0.5) is 11.4 Å². The van der Waals surface area contributed by atoms with Gasteiger partial charge < -0.3 is 10.6 Å². The van der Waals surface area contributed by atoms with Crippen LogP contribution in [-0.2, 0) is 6.54 Å². The fraction of sp³-hybridized carbons (Fsp3) is 0.241. The molecule has 0 aliphatic carbocycles. The average Bonchev–Trinajstić information content (AvgIpc) is 2.86. The van der Waals surface area contributed by atoms with E-state index in [4.69, 9.17) is 10.7 Å². The molecule has 1 aliphatic rings. The van der Waals surface area contributed by atoms with Gasteiger partial charge in [-0.3, -0.25) is 14.7 Å². The molecule has 1 aromatic heterocycles. The monoisotopic (exact) mass is 450 g/mol. The number of likely N-dealkylation sites (tertiary alicyclic amines) is 1. The van der Waals surface area contributed by atoms with Crippen LogP contribution in [0, 0.1) is 6.92 Å². The van der Waals surface area contributed by atoms with Crippen molar-refractivity contribution in [2.45, 2.75) is 32.4 Å². The minimum absolute atomic E-state index is 0.306. The van der Waals surface area contributed by atoms with Gasteiger partial charge >= 0.3 is 0 Å². The molecule has 172 valence electrons. The maximum absolute atomic E-state index is 12.0. The van der Waals surface area contributed by atoms with Crippen molar-refractivity contribution in [2.75, 3.05) is 18.0 Å². The van der Waals surface area contributed by atoms with Crippen LogP contribution in [0.15, 0.2) is 84.9 Å². The van der Waals surface area contributed by atoms with E-state index in [0.717, 1.165) is 60.4 Å². The van der Waals surface area contributed by atoms with Crippen LogP contribution in [0.25, 0.3) is 10.9 Å². The van der Waals surface area contributed by atoms with Gasteiger partial charge in [0.15, 0.2) is 0 Å². The van der Waals surface area contributed by atoms with Gasteiger partial charge in [-0.1, -0.05) is 54.6 Å². The van der Waals surface area contributed by atoms with Gasteiger partial charge in [-0.25, -0.2) is 0 Å². The molecule has 0 radical (unpaired) electrons. The number of rotatable bonds is 6. The Labute approximate surface area is 200 Å². The third-order valence-electron chi connectivity index (χ3n) is 6.66. The van der Waals surface area contributed by atoms with Crippen molar-refractivity contribution in [1.29, 1.82) is 0 Å². The van der Waals surface area contributed by atoms with Crippen LogP contribution < -0.4 is 10.6 Å². The van der Waals surface area contributed by atoms with Crippen molar-refractivity contribution in [3.05, 3.63) is 102 Å². The molecule has 2 N–H and O–H groups in total. The Bertz CT molecular complexity index is 1300. The second-order valence-electron chi connectivity index (χ2n) is 9.08. The summed E-state index contributed by atoms with van der Waals surface area (Å²) in [5.41, 5.74) is 11.6. The molecular formula is C29H30N4O. The number of carbonyl (C=O) groups excluding carboxylic acids is 1. The third kappa shape index (κ3) is 4.66. The summed E-state index contributed by atoms with van der Waals surface area (Å²) in [5, 5.41) is 1.12. The summed E-state index contributed by atoms with van der Waals surface area (Å²) >= 11 is 0. The van der Waals surface area contributed by atoms with Crippen molar-refractivity contribution in [1.82, 2.24) is 9.88 Å². The van der Waals surface area contributed by atoms with Gasteiger partial charge in [-0.2, -0.15) is 0 Å². The van der Waals surface area contributed by atoms with Crippen molar-refractivity contribution < 1.29 is 4.79 Å². The van der Waals surface area contributed by atoms with Gasteiger partial charge in [0.05, 0.1) is 11.2 Å². The quantitative estimate of drug-likeness (QED) is 0.425. The summed E-state index contributed by atoms with van der Waals surface area (Å²) in [6.07, 6.45) is 2.06. The molecule has 4 aromatic rings. The van der Waals surface area contributed by atoms with E-state index in [1.807, 2.05) is 25.1 Å². The minimum Gasteiger partial charge on any atom is -0.366 e. The highest BCUT2D eigenvalue weighted by Crippen LogP contribution is 2.37. The molecule has 1 fully saturated rings. The number of nitrogens with two attached hydrogens (primary N) is 1. The highest BCUT2D eigenvalue weighted by atomic mass is 16.1. The highest BCUT2D eigenvalue weighted by Gasteiger charge is 2.28. The number of nitrogens with zero attached hydrogens (tertiary/aromatic N) is 3. The lowest BCUT2D eigenvalue weighted by atomic mass is 9.99. The van der Waals surface area contributed by atoms with E-state index in [2.05, 4.69) is 70.5 Å². The molecule has 0 saturated carbocycles. The minimum atomic E-state index is -0.407. The Hall–Kier alpha value is -3.70. The highest BCUT2D eigenvalue weighted by molar-refractivity contribution is 5.96. The third-order valence-corrected chi connectivity index (χ3v) is 6.66. The molecule has 5 nitrogen and oxygen atoms in total. The normalized spacial score (nSPS) is 14.9. The Kier molecular flexibility index (Phi) is 6.28. The molecule has 0 atom stereocenters. The van der Waals surface area contributed by atoms with Crippen molar-refractivity contribution in [2.24, 2.45) is 5.73 Å². The smallest absolute Gasteiger partial charge is 0.248 e. The predicted molar refractivity (Wildman–Crippen MR) is 138 cm³/mol. The van der Waals surface area contributed by atoms with E-state index in [-0.39, 0.29) is 0 Å². The van der Waals surface area contributed by atoms with E-state index in [0.29, 0.717) is 11.6 Å². The number of benzene rings is 3. The number of piperidine rings is 1.